The SMILES string of the molecule is COc1cccc(C(CNC(=O)c2ccc(OC(C)C)c(OC)c2)N2CCCC2)c1. The summed E-state index contributed by atoms with van der Waals surface area (Å²) in [5, 5.41) is 3.11. The first-order valence-electron chi connectivity index (χ1n) is 10.5. The Balaban J connectivity index is 1.74. The van der Waals surface area contributed by atoms with Crippen LogP contribution < -0.4 is 19.5 Å². The number of carbonyl (C=O) groups excluding carboxylic acids is 1. The lowest BCUT2D eigenvalue weighted by molar-refractivity contribution is 0.0937. The number of nitrogens with zero attached hydrogens (tertiary/aromatic N) is 1. The van der Waals surface area contributed by atoms with Crippen molar-refractivity contribution < 1.29 is 19.0 Å². The zero-order chi connectivity index (χ0) is 21.5. The van der Waals surface area contributed by atoms with E-state index in [1.807, 2.05) is 26.0 Å². The van der Waals surface area contributed by atoms with Gasteiger partial charge >= 0.3 is 0 Å². The van der Waals surface area contributed by atoms with Crippen LogP contribution in [0, 0.1) is 0 Å². The van der Waals surface area contributed by atoms with Gasteiger partial charge in [0.1, 0.15) is 5.75 Å². The van der Waals surface area contributed by atoms with Crippen molar-refractivity contribution >= 4 is 5.91 Å². The molecule has 162 valence electrons. The van der Waals surface area contributed by atoms with Gasteiger partial charge in [-0.15, -0.1) is 0 Å². The molecule has 30 heavy (non-hydrogen) atoms. The predicted octanol–water partition coefficient (Wildman–Crippen LogP) is 4.06. The topological polar surface area (TPSA) is 60.0 Å². The number of ether oxygens (including phenoxy) is 3. The minimum absolute atomic E-state index is 0.0302. The van der Waals surface area contributed by atoms with Crippen LogP contribution in [0.3, 0.4) is 0 Å². The predicted molar refractivity (Wildman–Crippen MR) is 118 cm³/mol. The number of rotatable bonds is 9. The normalized spacial score (nSPS) is 15.1. The van der Waals surface area contributed by atoms with E-state index in [1.54, 1.807) is 32.4 Å². The smallest absolute Gasteiger partial charge is 0.251 e. The Kier molecular flexibility index (Phi) is 7.57. The summed E-state index contributed by atoms with van der Waals surface area (Å²) in [5.74, 6) is 1.89. The highest BCUT2D eigenvalue weighted by molar-refractivity contribution is 5.94. The first-order valence-corrected chi connectivity index (χ1v) is 10.5. The summed E-state index contributed by atoms with van der Waals surface area (Å²) in [5.41, 5.74) is 1.70. The highest BCUT2D eigenvalue weighted by atomic mass is 16.5. The lowest BCUT2D eigenvalue weighted by atomic mass is 10.0. The van der Waals surface area contributed by atoms with Crippen molar-refractivity contribution in [3.05, 3.63) is 53.6 Å². The van der Waals surface area contributed by atoms with Crippen LogP contribution in [0.4, 0.5) is 0 Å². The van der Waals surface area contributed by atoms with Crippen LogP contribution in [0.15, 0.2) is 42.5 Å². The Bertz CT molecular complexity index is 847. The Morgan fingerprint density at radius 2 is 1.80 bits per heavy atom. The van der Waals surface area contributed by atoms with E-state index in [-0.39, 0.29) is 18.1 Å². The zero-order valence-corrected chi connectivity index (χ0v) is 18.3. The lowest BCUT2D eigenvalue weighted by Gasteiger charge is -2.28. The Hall–Kier alpha value is -2.73. The number of carbonyl (C=O) groups is 1. The van der Waals surface area contributed by atoms with Crippen molar-refractivity contribution in [1.29, 1.82) is 0 Å². The first kappa shape index (κ1) is 22.0. The third-order valence-electron chi connectivity index (χ3n) is 5.30. The van der Waals surface area contributed by atoms with Crippen LogP contribution >= 0.6 is 0 Å². The van der Waals surface area contributed by atoms with Gasteiger partial charge in [-0.25, -0.2) is 0 Å². The van der Waals surface area contributed by atoms with E-state index in [0.717, 1.165) is 24.4 Å². The third kappa shape index (κ3) is 5.45. The zero-order valence-electron chi connectivity index (χ0n) is 18.3. The number of likely N-dealkylation sites (tertiary alicyclic amines) is 1. The summed E-state index contributed by atoms with van der Waals surface area (Å²) in [6.07, 6.45) is 2.40. The fourth-order valence-electron chi connectivity index (χ4n) is 3.81. The van der Waals surface area contributed by atoms with Gasteiger partial charge < -0.3 is 19.5 Å². The molecule has 0 saturated carbocycles. The van der Waals surface area contributed by atoms with E-state index in [0.29, 0.717) is 23.6 Å². The van der Waals surface area contributed by atoms with Crippen molar-refractivity contribution in [2.75, 3.05) is 33.9 Å². The molecule has 0 radical (unpaired) electrons. The van der Waals surface area contributed by atoms with Crippen molar-refractivity contribution in [1.82, 2.24) is 10.2 Å². The molecule has 2 aromatic rings. The number of benzene rings is 2. The molecule has 6 heteroatoms. The molecular formula is C24H32N2O4. The lowest BCUT2D eigenvalue weighted by Crippen LogP contribution is -2.36. The maximum Gasteiger partial charge on any atom is 0.251 e. The van der Waals surface area contributed by atoms with Gasteiger partial charge in [0.25, 0.3) is 5.91 Å². The van der Waals surface area contributed by atoms with Crippen molar-refractivity contribution in [3.8, 4) is 17.2 Å². The second-order valence-electron chi connectivity index (χ2n) is 7.78. The molecule has 1 amide bonds. The molecule has 0 aromatic heterocycles. The van der Waals surface area contributed by atoms with Crippen LogP contribution in [-0.2, 0) is 0 Å². The second kappa shape index (κ2) is 10.3. The van der Waals surface area contributed by atoms with Crippen LogP contribution in [0.5, 0.6) is 17.2 Å². The number of methoxy groups -OCH3 is 2. The van der Waals surface area contributed by atoms with Gasteiger partial charge in [-0.2, -0.15) is 0 Å². The van der Waals surface area contributed by atoms with Crippen LogP contribution in [-0.4, -0.2) is 50.8 Å². The van der Waals surface area contributed by atoms with E-state index < -0.39 is 0 Å². The number of amides is 1. The summed E-state index contributed by atoms with van der Waals surface area (Å²) in [7, 11) is 3.25. The monoisotopic (exact) mass is 412 g/mol. The first-order chi connectivity index (χ1) is 14.5. The number of hydrogen-bond acceptors (Lipinski definition) is 5. The van der Waals surface area contributed by atoms with Crippen LogP contribution in [0.1, 0.15) is 48.7 Å². The highest BCUT2D eigenvalue weighted by Crippen LogP contribution is 2.30. The van der Waals surface area contributed by atoms with Gasteiger partial charge in [0.05, 0.1) is 26.4 Å². The van der Waals surface area contributed by atoms with E-state index in [2.05, 4.69) is 22.3 Å². The summed E-state index contributed by atoms with van der Waals surface area (Å²) in [4.78, 5) is 15.3. The maximum atomic E-state index is 12.9. The molecule has 1 saturated heterocycles. The Morgan fingerprint density at radius 3 is 2.47 bits per heavy atom. The molecule has 1 atom stereocenters. The standard InChI is InChI=1S/C24H32N2O4/c1-17(2)30-22-11-10-19(15-23(22)29-4)24(27)25-16-21(26-12-5-6-13-26)18-8-7-9-20(14-18)28-3/h7-11,14-15,17,21H,5-6,12-13,16H2,1-4H3,(H,25,27). The van der Waals surface area contributed by atoms with E-state index in [4.69, 9.17) is 14.2 Å². The molecule has 1 aliphatic heterocycles. The summed E-state index contributed by atoms with van der Waals surface area (Å²) < 4.78 is 16.5. The summed E-state index contributed by atoms with van der Waals surface area (Å²) in [6, 6.07) is 13.5. The molecule has 0 bridgehead atoms. The van der Waals surface area contributed by atoms with Crippen molar-refractivity contribution in [3.63, 3.8) is 0 Å². The number of nitrogens with one attached hydrogen (secondary N) is 1. The minimum atomic E-state index is -0.128. The molecule has 1 aliphatic rings. The van der Waals surface area contributed by atoms with E-state index >= 15 is 0 Å². The molecule has 1 fully saturated rings. The fraction of sp³-hybridized carbons (Fsp3) is 0.458. The molecule has 3 rings (SSSR count). The van der Waals surface area contributed by atoms with Gasteiger partial charge in [-0.3, -0.25) is 9.69 Å². The summed E-state index contributed by atoms with van der Waals surface area (Å²) in [6.45, 7) is 6.51. The molecule has 1 heterocycles. The molecule has 1 N–H and O–H groups in total. The quantitative estimate of drug-likeness (QED) is 0.673. The molecular weight excluding hydrogens is 380 g/mol. The van der Waals surface area contributed by atoms with E-state index in [9.17, 15) is 4.79 Å². The largest absolute Gasteiger partial charge is 0.497 e. The summed E-state index contributed by atoms with van der Waals surface area (Å²) >= 11 is 0. The van der Waals surface area contributed by atoms with E-state index in [1.165, 1.54) is 12.8 Å². The minimum Gasteiger partial charge on any atom is -0.497 e. The maximum absolute atomic E-state index is 12.9. The Morgan fingerprint density at radius 1 is 1.03 bits per heavy atom. The second-order valence-corrected chi connectivity index (χ2v) is 7.78. The van der Waals surface area contributed by atoms with Crippen molar-refractivity contribution in [2.45, 2.75) is 38.8 Å². The van der Waals surface area contributed by atoms with Gasteiger partial charge in [0, 0.05) is 12.1 Å². The Labute approximate surface area is 179 Å². The van der Waals surface area contributed by atoms with Crippen molar-refractivity contribution in [2.24, 2.45) is 0 Å². The molecule has 2 aromatic carbocycles. The third-order valence-corrected chi connectivity index (χ3v) is 5.30. The number of hydrogen-bond donors (Lipinski definition) is 1. The van der Waals surface area contributed by atoms with Gasteiger partial charge in [-0.1, -0.05) is 12.1 Å². The van der Waals surface area contributed by atoms with Gasteiger partial charge in [0.15, 0.2) is 11.5 Å². The highest BCUT2D eigenvalue weighted by Gasteiger charge is 2.24. The van der Waals surface area contributed by atoms with Gasteiger partial charge in [0.2, 0.25) is 0 Å². The average molecular weight is 413 g/mol. The molecule has 0 aliphatic carbocycles. The molecule has 1 unspecified atom stereocenters. The van der Waals surface area contributed by atoms with Crippen LogP contribution in [0.2, 0.25) is 0 Å². The van der Waals surface area contributed by atoms with Crippen LogP contribution in [0.25, 0.3) is 0 Å². The average Bonchev–Trinajstić information content (AvgIpc) is 3.28. The van der Waals surface area contributed by atoms with Gasteiger partial charge in [-0.05, 0) is 75.7 Å². The molecule has 6 nitrogen and oxygen atoms in total. The molecule has 0 spiro atoms. The fourth-order valence-corrected chi connectivity index (χ4v) is 3.81.